The third-order valence-corrected chi connectivity index (χ3v) is 4.50. The average Bonchev–Trinajstić information content (AvgIpc) is 2.78. The maximum atomic E-state index is 12.5. The van der Waals surface area contributed by atoms with Crippen LogP contribution in [0.1, 0.15) is 52.4 Å². The lowest BCUT2D eigenvalue weighted by molar-refractivity contribution is -0.184. The quantitative estimate of drug-likeness (QED) is 0.470. The van der Waals surface area contributed by atoms with Crippen molar-refractivity contribution in [2.24, 2.45) is 10.6 Å². The van der Waals surface area contributed by atoms with Crippen LogP contribution in [-0.4, -0.2) is 34.3 Å². The minimum absolute atomic E-state index is 0.0925. The largest absolute Gasteiger partial charge is 0.480 e. The van der Waals surface area contributed by atoms with Crippen LogP contribution in [0.2, 0.25) is 0 Å². The number of fused-ring (bicyclic) bond motifs is 1. The summed E-state index contributed by atoms with van der Waals surface area (Å²) < 4.78 is 5.40. The highest BCUT2D eigenvalue weighted by molar-refractivity contribution is 6.15. The van der Waals surface area contributed by atoms with E-state index in [2.05, 4.69) is 9.99 Å². The Balaban J connectivity index is 2.31. The van der Waals surface area contributed by atoms with Gasteiger partial charge in [0, 0.05) is 6.42 Å². The number of carbonyl (C=O) groups excluding carboxylic acids is 2. The summed E-state index contributed by atoms with van der Waals surface area (Å²) in [6.45, 7) is 3.22. The molecule has 1 heterocycles. The summed E-state index contributed by atoms with van der Waals surface area (Å²) >= 11 is 0. The van der Waals surface area contributed by atoms with E-state index in [1.807, 2.05) is 0 Å². The molecule has 0 saturated heterocycles. The maximum absolute atomic E-state index is 12.5. The SMILES string of the molecule is CCC(CC)(C(=O)O)C(=O)OC12CCCCC1=NOC2=O. The van der Waals surface area contributed by atoms with Crippen molar-refractivity contribution in [1.82, 2.24) is 0 Å². The molecule has 7 nitrogen and oxygen atoms in total. The normalized spacial score (nSPS) is 24.9. The topological polar surface area (TPSA) is 102 Å². The highest BCUT2D eigenvalue weighted by Crippen LogP contribution is 2.38. The fourth-order valence-corrected chi connectivity index (χ4v) is 2.86. The van der Waals surface area contributed by atoms with Gasteiger partial charge in [0.05, 0.1) is 0 Å². The van der Waals surface area contributed by atoms with Crippen molar-refractivity contribution < 1.29 is 29.1 Å². The second kappa shape index (κ2) is 5.46. The van der Waals surface area contributed by atoms with Gasteiger partial charge in [-0.25, -0.2) is 4.79 Å². The molecule has 1 fully saturated rings. The van der Waals surface area contributed by atoms with Crippen LogP contribution in [0.15, 0.2) is 5.16 Å². The zero-order valence-corrected chi connectivity index (χ0v) is 12.2. The third-order valence-electron chi connectivity index (χ3n) is 4.50. The van der Waals surface area contributed by atoms with Gasteiger partial charge < -0.3 is 14.7 Å². The Labute approximate surface area is 122 Å². The molecule has 0 aromatic heterocycles. The van der Waals surface area contributed by atoms with Crippen molar-refractivity contribution in [2.45, 2.75) is 58.0 Å². The summed E-state index contributed by atoms with van der Waals surface area (Å²) in [7, 11) is 0. The Morgan fingerprint density at radius 3 is 2.62 bits per heavy atom. The van der Waals surface area contributed by atoms with E-state index < -0.39 is 28.9 Å². The second-order valence-electron chi connectivity index (χ2n) is 5.43. The molecule has 1 unspecified atom stereocenters. The molecule has 0 radical (unpaired) electrons. The predicted molar refractivity (Wildman–Crippen MR) is 71.5 cm³/mol. The second-order valence-corrected chi connectivity index (χ2v) is 5.43. The van der Waals surface area contributed by atoms with Gasteiger partial charge in [-0.2, -0.15) is 0 Å². The van der Waals surface area contributed by atoms with Gasteiger partial charge in [-0.15, -0.1) is 0 Å². The van der Waals surface area contributed by atoms with Crippen LogP contribution in [-0.2, 0) is 24.0 Å². The molecule has 21 heavy (non-hydrogen) atoms. The van der Waals surface area contributed by atoms with Gasteiger partial charge in [0.25, 0.3) is 5.60 Å². The molecule has 7 heteroatoms. The van der Waals surface area contributed by atoms with Crippen LogP contribution in [0, 0.1) is 5.41 Å². The number of esters is 1. The third kappa shape index (κ3) is 2.20. The number of carboxylic acid groups (broad SMARTS) is 1. The van der Waals surface area contributed by atoms with Crippen LogP contribution in [0.4, 0.5) is 0 Å². The molecule has 0 aromatic carbocycles. The van der Waals surface area contributed by atoms with Crippen molar-refractivity contribution in [3.63, 3.8) is 0 Å². The minimum atomic E-state index is -1.64. The number of nitrogens with zero attached hydrogens (tertiary/aromatic N) is 1. The smallest absolute Gasteiger partial charge is 0.384 e. The predicted octanol–water partition coefficient (Wildman–Crippen LogP) is 1.65. The molecule has 0 bridgehead atoms. The average molecular weight is 297 g/mol. The van der Waals surface area contributed by atoms with Gasteiger partial charge >= 0.3 is 17.9 Å². The van der Waals surface area contributed by atoms with Crippen molar-refractivity contribution in [1.29, 1.82) is 0 Å². The first-order valence-corrected chi connectivity index (χ1v) is 7.18. The number of ether oxygens (including phenoxy) is 1. The fourth-order valence-electron chi connectivity index (χ4n) is 2.86. The van der Waals surface area contributed by atoms with Gasteiger partial charge in [-0.1, -0.05) is 19.0 Å². The number of oxime groups is 1. The van der Waals surface area contributed by atoms with Crippen LogP contribution >= 0.6 is 0 Å². The highest BCUT2D eigenvalue weighted by Gasteiger charge is 2.57. The molecule has 1 aliphatic heterocycles. The number of hydrogen-bond acceptors (Lipinski definition) is 6. The first-order chi connectivity index (χ1) is 9.93. The van der Waals surface area contributed by atoms with Gasteiger partial charge in [0.15, 0.2) is 5.41 Å². The molecule has 0 amide bonds. The molecular weight excluding hydrogens is 278 g/mol. The highest BCUT2D eigenvalue weighted by atomic mass is 16.7. The summed E-state index contributed by atoms with van der Waals surface area (Å²) in [6, 6.07) is 0. The molecule has 116 valence electrons. The molecule has 0 aromatic rings. The van der Waals surface area contributed by atoms with E-state index >= 15 is 0 Å². The van der Waals surface area contributed by atoms with Crippen LogP contribution in [0.3, 0.4) is 0 Å². The van der Waals surface area contributed by atoms with Crippen LogP contribution in [0.5, 0.6) is 0 Å². The number of aliphatic carboxylic acids is 1. The summed E-state index contributed by atoms with van der Waals surface area (Å²) in [6.07, 6.45) is 2.52. The lowest BCUT2D eigenvalue weighted by Crippen LogP contribution is -2.53. The maximum Gasteiger partial charge on any atom is 0.384 e. The van der Waals surface area contributed by atoms with Crippen molar-refractivity contribution in [3.8, 4) is 0 Å². The van der Waals surface area contributed by atoms with Crippen molar-refractivity contribution in [3.05, 3.63) is 0 Å². The van der Waals surface area contributed by atoms with E-state index in [0.29, 0.717) is 25.0 Å². The lowest BCUT2D eigenvalue weighted by atomic mass is 9.80. The van der Waals surface area contributed by atoms with Crippen LogP contribution in [0.25, 0.3) is 0 Å². The van der Waals surface area contributed by atoms with E-state index in [4.69, 9.17) is 4.74 Å². The molecule has 0 spiro atoms. The van der Waals surface area contributed by atoms with E-state index in [1.165, 1.54) is 0 Å². The molecule has 1 saturated carbocycles. The van der Waals surface area contributed by atoms with E-state index in [0.717, 1.165) is 6.42 Å². The first kappa shape index (κ1) is 15.5. The number of carboxylic acids is 1. The Kier molecular flexibility index (Phi) is 4.02. The summed E-state index contributed by atoms with van der Waals surface area (Å²) in [5.74, 6) is -2.86. The first-order valence-electron chi connectivity index (χ1n) is 7.18. The van der Waals surface area contributed by atoms with Crippen molar-refractivity contribution >= 4 is 23.6 Å². The van der Waals surface area contributed by atoms with Crippen LogP contribution < -0.4 is 0 Å². The molecule has 1 N–H and O–H groups in total. The standard InChI is InChI=1S/C14H19NO6/c1-3-13(4-2,10(16)17)11(18)20-14-8-6-5-7-9(14)15-21-12(14)19/h3-8H2,1-2H3,(H,16,17). The molecule has 2 aliphatic rings. The number of hydrogen-bond donors (Lipinski definition) is 1. The van der Waals surface area contributed by atoms with Gasteiger partial charge in [-0.05, 0) is 32.1 Å². The minimum Gasteiger partial charge on any atom is -0.480 e. The van der Waals surface area contributed by atoms with Gasteiger partial charge in [0.1, 0.15) is 5.71 Å². The van der Waals surface area contributed by atoms with E-state index in [9.17, 15) is 19.5 Å². The monoisotopic (exact) mass is 297 g/mol. The summed E-state index contributed by atoms with van der Waals surface area (Å²) in [5, 5.41) is 13.1. The summed E-state index contributed by atoms with van der Waals surface area (Å²) in [4.78, 5) is 40.6. The fraction of sp³-hybridized carbons (Fsp3) is 0.714. The zero-order chi connectivity index (χ0) is 15.7. The zero-order valence-electron chi connectivity index (χ0n) is 12.2. The van der Waals surface area contributed by atoms with E-state index in [-0.39, 0.29) is 12.8 Å². The Hall–Kier alpha value is -1.92. The Morgan fingerprint density at radius 2 is 2.05 bits per heavy atom. The molecule has 1 atom stereocenters. The molecular formula is C14H19NO6. The number of rotatable bonds is 5. The number of carbonyl (C=O) groups is 3. The molecule has 2 rings (SSSR count). The Bertz CT molecular complexity index is 508. The lowest BCUT2D eigenvalue weighted by Gasteiger charge is -2.33. The van der Waals surface area contributed by atoms with Gasteiger partial charge in [-0.3, -0.25) is 9.59 Å². The molecule has 1 aliphatic carbocycles. The Morgan fingerprint density at radius 1 is 1.38 bits per heavy atom. The van der Waals surface area contributed by atoms with E-state index in [1.54, 1.807) is 13.8 Å². The summed E-state index contributed by atoms with van der Waals surface area (Å²) in [5.41, 5.74) is -2.76. The van der Waals surface area contributed by atoms with Gasteiger partial charge in [0.2, 0.25) is 0 Å². The van der Waals surface area contributed by atoms with Crippen molar-refractivity contribution in [2.75, 3.05) is 0 Å².